The summed E-state index contributed by atoms with van der Waals surface area (Å²) in [6, 6.07) is 18.6. The quantitative estimate of drug-likeness (QED) is 0.170. The van der Waals surface area contributed by atoms with E-state index >= 15 is 0 Å². The number of carbonyl (C=O) groups excluding carboxylic acids is 1. The summed E-state index contributed by atoms with van der Waals surface area (Å²) in [6.45, 7) is 3.03. The molecule has 1 heterocycles. The van der Waals surface area contributed by atoms with Gasteiger partial charge in [0.15, 0.2) is 5.75 Å². The van der Waals surface area contributed by atoms with Crippen LogP contribution in [0.25, 0.3) is 11.1 Å². The predicted molar refractivity (Wildman–Crippen MR) is 169 cm³/mol. The molecular formula is C35H34ClF2N3O5. The molecule has 1 aromatic heterocycles. The monoisotopic (exact) mass is 649 g/mol. The van der Waals surface area contributed by atoms with Crippen molar-refractivity contribution in [3.8, 4) is 28.7 Å². The number of esters is 1. The second-order valence-corrected chi connectivity index (χ2v) is 11.2. The number of hydrogen-bond donors (Lipinski definition) is 2. The second-order valence-electron chi connectivity index (χ2n) is 10.8. The Hall–Kier alpha value is -4.56. The standard InChI is InChI=1S/C20H21ClFN3O5.C15H13F/c1-12(2)29-20(27)17(10-26)25-9-15-4-16(21)19(30-22)5-18(15)28-11-14-3-13(6-23)7-24-8-14;16-15-10-2-1-7-14(15)13-9-4-6-11-5-3-8-12(11)13/h3-5,7-8,12,17,25-26H,9-11H2,1-2H3;1-2,4,6-7,9-10H,3,5,8H2. The summed E-state index contributed by atoms with van der Waals surface area (Å²) in [5.74, 6) is -0.736. The summed E-state index contributed by atoms with van der Waals surface area (Å²) in [6.07, 6.45) is 6.03. The molecule has 0 bridgehead atoms. The molecule has 240 valence electrons. The number of fused-ring (bicyclic) bond motifs is 1. The van der Waals surface area contributed by atoms with Gasteiger partial charge in [0.25, 0.3) is 0 Å². The van der Waals surface area contributed by atoms with Crippen LogP contribution < -0.4 is 15.0 Å². The fourth-order valence-corrected chi connectivity index (χ4v) is 5.23. The van der Waals surface area contributed by atoms with Crippen LogP contribution in [0, 0.1) is 17.1 Å². The van der Waals surface area contributed by atoms with Crippen molar-refractivity contribution in [3.63, 3.8) is 0 Å². The molecule has 4 aromatic rings. The maximum absolute atomic E-state index is 13.7. The summed E-state index contributed by atoms with van der Waals surface area (Å²) in [5.41, 5.74) is 6.03. The summed E-state index contributed by atoms with van der Waals surface area (Å²) in [4.78, 5) is 19.7. The van der Waals surface area contributed by atoms with E-state index in [-0.39, 0.29) is 41.6 Å². The van der Waals surface area contributed by atoms with Gasteiger partial charge in [0.2, 0.25) is 0 Å². The second kappa shape index (κ2) is 16.7. The Morgan fingerprint density at radius 1 is 1.09 bits per heavy atom. The highest BCUT2D eigenvalue weighted by molar-refractivity contribution is 6.32. The zero-order valence-electron chi connectivity index (χ0n) is 25.4. The van der Waals surface area contributed by atoms with E-state index in [1.165, 1.54) is 48.1 Å². The lowest BCUT2D eigenvalue weighted by atomic mass is 9.97. The van der Waals surface area contributed by atoms with Gasteiger partial charge < -0.3 is 14.6 Å². The largest absolute Gasteiger partial charge is 0.488 e. The molecule has 46 heavy (non-hydrogen) atoms. The lowest BCUT2D eigenvalue weighted by molar-refractivity contribution is -0.151. The van der Waals surface area contributed by atoms with Crippen LogP contribution >= 0.6 is 11.6 Å². The molecule has 0 radical (unpaired) electrons. The Morgan fingerprint density at radius 3 is 2.59 bits per heavy atom. The molecule has 0 aliphatic heterocycles. The smallest absolute Gasteiger partial charge is 0.325 e. The van der Waals surface area contributed by atoms with Gasteiger partial charge in [0, 0.05) is 46.2 Å². The number of benzene rings is 3. The van der Waals surface area contributed by atoms with E-state index in [4.69, 9.17) is 26.3 Å². The number of aliphatic hydroxyl groups is 1. The van der Waals surface area contributed by atoms with Crippen molar-refractivity contribution in [2.75, 3.05) is 6.61 Å². The van der Waals surface area contributed by atoms with Gasteiger partial charge in [-0.3, -0.25) is 20.0 Å². The van der Waals surface area contributed by atoms with Gasteiger partial charge in [-0.2, -0.15) is 5.26 Å². The first-order valence-electron chi connectivity index (χ1n) is 14.7. The van der Waals surface area contributed by atoms with Crippen LogP contribution in [0.3, 0.4) is 0 Å². The average molecular weight is 650 g/mol. The molecule has 0 spiro atoms. The van der Waals surface area contributed by atoms with E-state index in [1.54, 1.807) is 26.0 Å². The molecule has 1 unspecified atom stereocenters. The topological polar surface area (TPSA) is 114 Å². The Morgan fingerprint density at radius 2 is 1.87 bits per heavy atom. The molecule has 0 saturated carbocycles. The van der Waals surface area contributed by atoms with E-state index < -0.39 is 18.6 Å². The van der Waals surface area contributed by atoms with Crippen LogP contribution in [0.4, 0.5) is 8.92 Å². The van der Waals surface area contributed by atoms with Crippen LogP contribution in [0.15, 0.2) is 73.1 Å². The van der Waals surface area contributed by atoms with E-state index in [9.17, 15) is 18.8 Å². The lowest BCUT2D eigenvalue weighted by Gasteiger charge is -2.19. The third kappa shape index (κ3) is 9.01. The third-order valence-electron chi connectivity index (χ3n) is 7.18. The predicted octanol–water partition coefficient (Wildman–Crippen LogP) is 6.83. The molecule has 0 fully saturated rings. The van der Waals surface area contributed by atoms with Crippen molar-refractivity contribution < 1.29 is 33.2 Å². The van der Waals surface area contributed by atoms with Crippen molar-refractivity contribution >= 4 is 17.6 Å². The molecule has 1 aliphatic rings. The number of aryl methyl sites for hydroxylation is 1. The summed E-state index contributed by atoms with van der Waals surface area (Å²) < 4.78 is 37.3. The van der Waals surface area contributed by atoms with Crippen LogP contribution in [-0.4, -0.2) is 34.8 Å². The minimum absolute atomic E-state index is 0.0000925. The zero-order chi connectivity index (χ0) is 33.1. The van der Waals surface area contributed by atoms with Gasteiger partial charge in [0.1, 0.15) is 30.3 Å². The number of rotatable bonds is 11. The average Bonchev–Trinajstić information content (AvgIpc) is 3.54. The van der Waals surface area contributed by atoms with Crippen molar-refractivity contribution in [1.82, 2.24) is 10.3 Å². The Kier molecular flexibility index (Phi) is 12.4. The van der Waals surface area contributed by atoms with Crippen LogP contribution in [0.1, 0.15) is 48.1 Å². The highest BCUT2D eigenvalue weighted by atomic mass is 35.5. The number of hydrogen-bond acceptors (Lipinski definition) is 8. The van der Waals surface area contributed by atoms with E-state index in [2.05, 4.69) is 21.3 Å². The fourth-order valence-electron chi connectivity index (χ4n) is 5.02. The SMILES string of the molecule is CC(C)OC(=O)C(CO)NCc1cc(Cl)c(OF)cc1OCc1cncc(C#N)c1.Fc1ccccc1-c1cccc2c1CCC2. The van der Waals surface area contributed by atoms with E-state index in [1.807, 2.05) is 30.3 Å². The lowest BCUT2D eigenvalue weighted by Crippen LogP contribution is -2.41. The first-order valence-corrected chi connectivity index (χ1v) is 15.1. The van der Waals surface area contributed by atoms with Crippen LogP contribution in [0.2, 0.25) is 5.02 Å². The van der Waals surface area contributed by atoms with E-state index in [0.717, 1.165) is 24.0 Å². The minimum Gasteiger partial charge on any atom is -0.488 e. The molecule has 2 N–H and O–H groups in total. The Labute approximate surface area is 271 Å². The molecule has 1 aliphatic carbocycles. The van der Waals surface area contributed by atoms with Crippen LogP contribution in [-0.2, 0) is 35.5 Å². The molecule has 5 rings (SSSR count). The molecule has 0 saturated heterocycles. The maximum Gasteiger partial charge on any atom is 0.325 e. The number of pyridine rings is 1. The Bertz CT molecular complexity index is 1700. The summed E-state index contributed by atoms with van der Waals surface area (Å²) >= 11 is 6.00. The number of carbonyl (C=O) groups is 1. The molecule has 1 atom stereocenters. The number of ether oxygens (including phenoxy) is 2. The number of nitriles is 1. The fraction of sp³-hybridized carbons (Fsp3) is 0.286. The highest BCUT2D eigenvalue weighted by Crippen LogP contribution is 2.34. The number of nitrogens with zero attached hydrogens (tertiary/aromatic N) is 2. The van der Waals surface area contributed by atoms with Crippen LogP contribution in [0.5, 0.6) is 11.5 Å². The van der Waals surface area contributed by atoms with Gasteiger partial charge in [-0.25, -0.2) is 4.39 Å². The maximum atomic E-state index is 13.7. The Balaban J connectivity index is 0.000000249. The van der Waals surface area contributed by atoms with Gasteiger partial charge in [-0.05, 0) is 68.0 Å². The van der Waals surface area contributed by atoms with Gasteiger partial charge in [-0.1, -0.05) is 48.0 Å². The normalized spacial score (nSPS) is 12.4. The van der Waals surface area contributed by atoms with Gasteiger partial charge in [0.05, 0.1) is 23.3 Å². The number of aromatic nitrogens is 1. The first-order chi connectivity index (χ1) is 22.2. The molecule has 3 aromatic carbocycles. The molecule has 11 heteroatoms. The van der Waals surface area contributed by atoms with Gasteiger partial charge in [-0.15, -0.1) is 0 Å². The minimum atomic E-state index is -0.965. The van der Waals surface area contributed by atoms with Crippen molar-refractivity contribution in [2.24, 2.45) is 0 Å². The van der Waals surface area contributed by atoms with Crippen molar-refractivity contribution in [2.45, 2.75) is 58.4 Å². The molecular weight excluding hydrogens is 616 g/mol. The van der Waals surface area contributed by atoms with Gasteiger partial charge >= 0.3 is 5.97 Å². The summed E-state index contributed by atoms with van der Waals surface area (Å²) in [5, 5.41) is 21.3. The third-order valence-corrected chi connectivity index (χ3v) is 7.48. The number of nitrogens with one attached hydrogen (secondary N) is 1. The van der Waals surface area contributed by atoms with Crippen molar-refractivity contribution in [1.29, 1.82) is 5.26 Å². The highest BCUT2D eigenvalue weighted by Gasteiger charge is 2.21. The zero-order valence-corrected chi connectivity index (χ0v) is 26.2. The summed E-state index contributed by atoms with van der Waals surface area (Å²) in [7, 11) is 0. The first kappa shape index (κ1) is 34.3. The number of halogens is 3. The molecule has 8 nitrogen and oxygen atoms in total. The van der Waals surface area contributed by atoms with Crippen molar-refractivity contribution in [3.05, 3.63) is 112 Å². The van der Waals surface area contributed by atoms with E-state index in [0.29, 0.717) is 16.7 Å². The molecule has 0 amide bonds. The number of aliphatic hydroxyl groups excluding tert-OH is 1.